The summed E-state index contributed by atoms with van der Waals surface area (Å²) in [6.07, 6.45) is -2.95. The molecule has 8 heteroatoms. The molecule has 0 aromatic heterocycles. The fraction of sp³-hybridized carbons (Fsp3) is 0.316. The average Bonchev–Trinajstić information content (AvgIpc) is 2.99. The van der Waals surface area contributed by atoms with Gasteiger partial charge in [-0.3, -0.25) is 4.79 Å². The van der Waals surface area contributed by atoms with Crippen LogP contribution in [0, 0.1) is 5.82 Å². The van der Waals surface area contributed by atoms with Gasteiger partial charge in [0.15, 0.2) is 11.6 Å². The number of hydrogen-bond donors (Lipinski definition) is 0. The molecule has 27 heavy (non-hydrogen) atoms. The Labute approximate surface area is 157 Å². The molecule has 1 aliphatic carbocycles. The molecule has 1 atom stereocenters. The Morgan fingerprint density at radius 1 is 1.26 bits per heavy atom. The maximum Gasteiger partial charge on any atom is 0.416 e. The molecule has 0 aliphatic heterocycles. The first-order valence-electron chi connectivity index (χ1n) is 8.12. The highest BCUT2D eigenvalue weighted by molar-refractivity contribution is 6.32. The SMILES string of the molecule is COC(=O)CC1CCc2ccc(Oc3c(F)cc(C(F)(F)F)cc3Cl)cc21. The largest absolute Gasteiger partial charge is 0.469 e. The zero-order valence-electron chi connectivity index (χ0n) is 14.2. The van der Waals surface area contributed by atoms with Gasteiger partial charge in [0, 0.05) is 0 Å². The second-order valence-electron chi connectivity index (χ2n) is 6.25. The molecule has 3 nitrogen and oxygen atoms in total. The molecule has 0 heterocycles. The van der Waals surface area contributed by atoms with Crippen LogP contribution < -0.4 is 4.74 Å². The van der Waals surface area contributed by atoms with Gasteiger partial charge in [-0.25, -0.2) is 4.39 Å². The summed E-state index contributed by atoms with van der Waals surface area (Å²) in [7, 11) is 1.31. The van der Waals surface area contributed by atoms with Gasteiger partial charge in [0.1, 0.15) is 5.75 Å². The summed E-state index contributed by atoms with van der Waals surface area (Å²) in [6.45, 7) is 0. The molecule has 2 aromatic carbocycles. The molecule has 0 spiro atoms. The molecular formula is C19H15ClF4O3. The average molecular weight is 403 g/mol. The van der Waals surface area contributed by atoms with E-state index in [1.807, 2.05) is 0 Å². The third-order valence-corrected chi connectivity index (χ3v) is 4.79. The van der Waals surface area contributed by atoms with Crippen LogP contribution in [0.25, 0.3) is 0 Å². The first-order valence-corrected chi connectivity index (χ1v) is 8.50. The number of benzene rings is 2. The highest BCUT2D eigenvalue weighted by Crippen LogP contribution is 2.41. The maximum atomic E-state index is 14.1. The predicted molar refractivity (Wildman–Crippen MR) is 90.6 cm³/mol. The van der Waals surface area contributed by atoms with Crippen LogP contribution >= 0.6 is 11.6 Å². The number of alkyl halides is 3. The van der Waals surface area contributed by atoms with Crippen molar-refractivity contribution in [2.75, 3.05) is 7.11 Å². The number of carbonyl (C=O) groups excluding carboxylic acids is 1. The van der Waals surface area contributed by atoms with E-state index in [1.165, 1.54) is 7.11 Å². The van der Waals surface area contributed by atoms with E-state index < -0.39 is 28.3 Å². The Kier molecular flexibility index (Phi) is 5.33. The summed E-state index contributed by atoms with van der Waals surface area (Å²) in [6, 6.07) is 6.00. The molecule has 0 N–H and O–H groups in total. The number of ether oxygens (including phenoxy) is 2. The van der Waals surface area contributed by atoms with E-state index in [0.29, 0.717) is 12.1 Å². The van der Waals surface area contributed by atoms with Crippen molar-refractivity contribution < 1.29 is 31.8 Å². The minimum Gasteiger partial charge on any atom is -0.469 e. The van der Waals surface area contributed by atoms with E-state index >= 15 is 0 Å². The van der Waals surface area contributed by atoms with Gasteiger partial charge in [-0.1, -0.05) is 17.7 Å². The number of esters is 1. The second-order valence-corrected chi connectivity index (χ2v) is 6.65. The van der Waals surface area contributed by atoms with E-state index in [9.17, 15) is 22.4 Å². The normalized spacial score (nSPS) is 16.1. The topological polar surface area (TPSA) is 35.5 Å². The Hall–Kier alpha value is -2.28. The standard InChI is InChI=1S/C19H15ClF4O3/c1-26-17(25)6-11-3-2-10-4-5-13(9-14(10)11)27-18-15(20)7-12(8-16(18)21)19(22,23)24/h4-5,7-9,11H,2-3,6H2,1H3. The molecule has 0 saturated carbocycles. The van der Waals surface area contributed by atoms with Crippen molar-refractivity contribution in [3.05, 3.63) is 57.9 Å². The first-order chi connectivity index (χ1) is 12.7. The molecule has 0 bridgehead atoms. The lowest BCUT2D eigenvalue weighted by Gasteiger charge is -2.14. The van der Waals surface area contributed by atoms with Crippen LogP contribution in [0.3, 0.4) is 0 Å². The molecule has 0 radical (unpaired) electrons. The van der Waals surface area contributed by atoms with E-state index in [4.69, 9.17) is 21.1 Å². The molecule has 1 aliphatic rings. The van der Waals surface area contributed by atoms with Crippen LogP contribution in [0.1, 0.15) is 35.4 Å². The van der Waals surface area contributed by atoms with Crippen molar-refractivity contribution in [2.24, 2.45) is 0 Å². The highest BCUT2D eigenvalue weighted by Gasteiger charge is 2.33. The van der Waals surface area contributed by atoms with Crippen molar-refractivity contribution in [3.63, 3.8) is 0 Å². The Morgan fingerprint density at radius 3 is 2.63 bits per heavy atom. The number of carbonyl (C=O) groups is 1. The fourth-order valence-electron chi connectivity index (χ4n) is 3.16. The van der Waals surface area contributed by atoms with Gasteiger partial charge in [-0.2, -0.15) is 13.2 Å². The van der Waals surface area contributed by atoms with Gasteiger partial charge in [0.05, 0.1) is 24.1 Å². The summed E-state index contributed by atoms with van der Waals surface area (Å²) < 4.78 is 62.4. The summed E-state index contributed by atoms with van der Waals surface area (Å²) in [5, 5.41) is -0.478. The molecule has 2 aromatic rings. The Morgan fingerprint density at radius 2 is 2.00 bits per heavy atom. The molecule has 0 fully saturated rings. The van der Waals surface area contributed by atoms with Crippen LogP contribution in [0.4, 0.5) is 17.6 Å². The lowest BCUT2D eigenvalue weighted by Crippen LogP contribution is -2.07. The van der Waals surface area contributed by atoms with Gasteiger partial charge in [-0.15, -0.1) is 0 Å². The molecule has 3 rings (SSSR count). The first kappa shape index (κ1) is 19.5. The van der Waals surface area contributed by atoms with Crippen molar-refractivity contribution in [1.29, 1.82) is 0 Å². The van der Waals surface area contributed by atoms with Gasteiger partial charge >= 0.3 is 12.1 Å². The zero-order chi connectivity index (χ0) is 19.8. The molecule has 144 valence electrons. The lowest BCUT2D eigenvalue weighted by molar-refractivity contribution is -0.141. The van der Waals surface area contributed by atoms with Gasteiger partial charge < -0.3 is 9.47 Å². The minimum absolute atomic E-state index is 0.0519. The summed E-state index contributed by atoms with van der Waals surface area (Å²) >= 11 is 5.80. The molecule has 1 unspecified atom stereocenters. The minimum atomic E-state index is -4.71. The van der Waals surface area contributed by atoms with Crippen LogP contribution in [0.5, 0.6) is 11.5 Å². The number of halogens is 5. The maximum absolute atomic E-state index is 14.1. The van der Waals surface area contributed by atoms with Crippen LogP contribution in [0.2, 0.25) is 5.02 Å². The Balaban J connectivity index is 1.87. The van der Waals surface area contributed by atoms with Crippen molar-refractivity contribution in [2.45, 2.75) is 31.4 Å². The summed E-state index contributed by atoms with van der Waals surface area (Å²) in [5.74, 6) is -1.85. The Bertz CT molecular complexity index is 857. The number of aryl methyl sites for hydroxylation is 1. The fourth-order valence-corrected chi connectivity index (χ4v) is 3.41. The molecule has 0 saturated heterocycles. The van der Waals surface area contributed by atoms with Gasteiger partial charge in [0.25, 0.3) is 0 Å². The monoisotopic (exact) mass is 402 g/mol. The van der Waals surface area contributed by atoms with Crippen LogP contribution in [-0.2, 0) is 22.1 Å². The number of methoxy groups -OCH3 is 1. The van der Waals surface area contributed by atoms with Crippen molar-refractivity contribution in [1.82, 2.24) is 0 Å². The third kappa shape index (κ3) is 4.18. The number of fused-ring (bicyclic) bond motifs is 1. The molecule has 0 amide bonds. The van der Waals surface area contributed by atoms with Gasteiger partial charge in [-0.05, 0) is 54.2 Å². The van der Waals surface area contributed by atoms with Crippen LogP contribution in [0.15, 0.2) is 30.3 Å². The van der Waals surface area contributed by atoms with Crippen molar-refractivity contribution >= 4 is 17.6 Å². The van der Waals surface area contributed by atoms with E-state index in [2.05, 4.69) is 0 Å². The van der Waals surface area contributed by atoms with E-state index in [0.717, 1.165) is 24.0 Å². The predicted octanol–water partition coefficient (Wildman–Crippen LogP) is 5.88. The summed E-state index contributed by atoms with van der Waals surface area (Å²) in [5.41, 5.74) is 0.723. The van der Waals surface area contributed by atoms with Crippen LogP contribution in [-0.4, -0.2) is 13.1 Å². The van der Waals surface area contributed by atoms with Crippen molar-refractivity contribution in [3.8, 4) is 11.5 Å². The smallest absolute Gasteiger partial charge is 0.416 e. The second kappa shape index (κ2) is 7.38. The van der Waals surface area contributed by atoms with Gasteiger partial charge in [0.2, 0.25) is 0 Å². The lowest BCUT2D eigenvalue weighted by atomic mass is 9.98. The third-order valence-electron chi connectivity index (χ3n) is 4.51. The zero-order valence-corrected chi connectivity index (χ0v) is 15.0. The van der Waals surface area contributed by atoms with E-state index in [-0.39, 0.29) is 24.1 Å². The molecular weight excluding hydrogens is 388 g/mol. The van der Waals surface area contributed by atoms with E-state index in [1.54, 1.807) is 18.2 Å². The quantitative estimate of drug-likeness (QED) is 0.473. The number of hydrogen-bond acceptors (Lipinski definition) is 3. The number of rotatable bonds is 4. The highest BCUT2D eigenvalue weighted by atomic mass is 35.5. The summed E-state index contributed by atoms with van der Waals surface area (Å²) in [4.78, 5) is 11.5.